The molecule has 0 aromatic heterocycles. The van der Waals surface area contributed by atoms with E-state index in [1.807, 2.05) is 29.2 Å². The number of benzene rings is 1. The highest BCUT2D eigenvalue weighted by molar-refractivity contribution is 5.76. The van der Waals surface area contributed by atoms with Crippen LogP contribution in [0.15, 0.2) is 24.3 Å². The molecule has 21 heavy (non-hydrogen) atoms. The van der Waals surface area contributed by atoms with Gasteiger partial charge in [0.15, 0.2) is 0 Å². The molecule has 1 heterocycles. The number of aryl methyl sites for hydroxylation is 1. The highest BCUT2D eigenvalue weighted by Crippen LogP contribution is 2.13. The molecule has 1 N–H and O–H groups in total. The molecule has 1 fully saturated rings. The summed E-state index contributed by atoms with van der Waals surface area (Å²) in [5.41, 5.74) is 1.16. The zero-order valence-corrected chi connectivity index (χ0v) is 12.6. The van der Waals surface area contributed by atoms with Crippen LogP contribution in [0.3, 0.4) is 0 Å². The van der Waals surface area contributed by atoms with Gasteiger partial charge in [0.1, 0.15) is 5.75 Å². The lowest BCUT2D eigenvalue weighted by molar-refractivity contribution is -0.132. The fourth-order valence-corrected chi connectivity index (χ4v) is 2.56. The number of hydrogen-bond acceptors (Lipinski definition) is 4. The molecule has 0 atom stereocenters. The van der Waals surface area contributed by atoms with Crippen LogP contribution in [0.2, 0.25) is 0 Å². The first-order valence-corrected chi connectivity index (χ1v) is 7.47. The Kier molecular flexibility index (Phi) is 6.02. The molecule has 0 bridgehead atoms. The third-order valence-corrected chi connectivity index (χ3v) is 3.93. The maximum absolute atomic E-state index is 12.2. The molecule has 5 heteroatoms. The predicted molar refractivity (Wildman–Crippen MR) is 81.4 cm³/mol. The largest absolute Gasteiger partial charge is 0.497 e. The third-order valence-electron chi connectivity index (χ3n) is 3.93. The predicted octanol–water partition coefficient (Wildman–Crippen LogP) is 0.764. The van der Waals surface area contributed by atoms with Gasteiger partial charge in [0.25, 0.3) is 0 Å². The van der Waals surface area contributed by atoms with Gasteiger partial charge < -0.3 is 14.7 Å². The Hall–Kier alpha value is -1.59. The van der Waals surface area contributed by atoms with E-state index in [1.165, 1.54) is 0 Å². The van der Waals surface area contributed by atoms with E-state index >= 15 is 0 Å². The summed E-state index contributed by atoms with van der Waals surface area (Å²) in [7, 11) is 1.65. The van der Waals surface area contributed by atoms with Crippen LogP contribution < -0.4 is 4.74 Å². The Bertz CT molecular complexity index is 439. The summed E-state index contributed by atoms with van der Waals surface area (Å²) >= 11 is 0. The van der Waals surface area contributed by atoms with E-state index in [9.17, 15) is 4.79 Å². The van der Waals surface area contributed by atoms with Crippen molar-refractivity contribution in [2.24, 2.45) is 0 Å². The summed E-state index contributed by atoms with van der Waals surface area (Å²) in [6.07, 6.45) is 1.31. The molecule has 5 nitrogen and oxygen atoms in total. The lowest BCUT2D eigenvalue weighted by atomic mass is 10.1. The van der Waals surface area contributed by atoms with Gasteiger partial charge in [0.05, 0.1) is 13.7 Å². The van der Waals surface area contributed by atoms with E-state index in [4.69, 9.17) is 9.84 Å². The summed E-state index contributed by atoms with van der Waals surface area (Å²) in [4.78, 5) is 16.3. The number of nitrogens with zero attached hydrogens (tertiary/aromatic N) is 2. The quantitative estimate of drug-likeness (QED) is 0.841. The van der Waals surface area contributed by atoms with Crippen LogP contribution in [0.25, 0.3) is 0 Å². The maximum Gasteiger partial charge on any atom is 0.222 e. The number of aliphatic hydroxyl groups excluding tert-OH is 1. The first kappa shape index (κ1) is 15.8. The van der Waals surface area contributed by atoms with Crippen molar-refractivity contribution in [3.8, 4) is 5.75 Å². The Morgan fingerprint density at radius 3 is 2.43 bits per heavy atom. The van der Waals surface area contributed by atoms with Gasteiger partial charge in [-0.3, -0.25) is 9.69 Å². The molecule has 1 amide bonds. The first-order chi connectivity index (χ1) is 10.2. The minimum atomic E-state index is 0.186. The van der Waals surface area contributed by atoms with E-state index in [0.29, 0.717) is 13.0 Å². The van der Waals surface area contributed by atoms with Crippen LogP contribution in [0.4, 0.5) is 0 Å². The second kappa shape index (κ2) is 8.00. The molecule has 0 aliphatic carbocycles. The van der Waals surface area contributed by atoms with Gasteiger partial charge in [0.2, 0.25) is 5.91 Å². The maximum atomic E-state index is 12.2. The van der Waals surface area contributed by atoms with Crippen LogP contribution in [0.1, 0.15) is 12.0 Å². The molecule has 116 valence electrons. The Morgan fingerprint density at radius 2 is 1.86 bits per heavy atom. The summed E-state index contributed by atoms with van der Waals surface area (Å²) in [6, 6.07) is 7.86. The number of hydrogen-bond donors (Lipinski definition) is 1. The topological polar surface area (TPSA) is 53.0 Å². The Labute approximate surface area is 126 Å². The summed E-state index contributed by atoms with van der Waals surface area (Å²) in [5.74, 6) is 1.06. The van der Waals surface area contributed by atoms with Gasteiger partial charge in [-0.05, 0) is 24.1 Å². The van der Waals surface area contributed by atoms with Crippen molar-refractivity contribution in [3.05, 3.63) is 29.8 Å². The van der Waals surface area contributed by atoms with Crippen LogP contribution in [-0.4, -0.2) is 67.3 Å². The van der Waals surface area contributed by atoms with Gasteiger partial charge in [0, 0.05) is 39.1 Å². The smallest absolute Gasteiger partial charge is 0.222 e. The van der Waals surface area contributed by atoms with Gasteiger partial charge in [-0.2, -0.15) is 0 Å². The SMILES string of the molecule is COc1ccc(CCC(=O)N2CCN(CCO)CC2)cc1. The van der Waals surface area contributed by atoms with Crippen LogP contribution in [0, 0.1) is 0 Å². The first-order valence-electron chi connectivity index (χ1n) is 7.47. The Morgan fingerprint density at radius 1 is 1.19 bits per heavy atom. The van der Waals surface area contributed by atoms with Crippen molar-refractivity contribution in [2.45, 2.75) is 12.8 Å². The molecule has 0 spiro atoms. The number of ether oxygens (including phenoxy) is 1. The minimum Gasteiger partial charge on any atom is -0.497 e. The molecule has 1 saturated heterocycles. The molecular weight excluding hydrogens is 268 g/mol. The second-order valence-electron chi connectivity index (χ2n) is 5.29. The van der Waals surface area contributed by atoms with Gasteiger partial charge in [-0.25, -0.2) is 0 Å². The molecule has 2 rings (SSSR count). The zero-order valence-electron chi connectivity index (χ0n) is 12.6. The fraction of sp³-hybridized carbons (Fsp3) is 0.562. The van der Waals surface area contributed by atoms with Gasteiger partial charge in [-0.1, -0.05) is 12.1 Å². The summed E-state index contributed by atoms with van der Waals surface area (Å²) in [6.45, 7) is 4.13. The van der Waals surface area contributed by atoms with Crippen LogP contribution >= 0.6 is 0 Å². The standard InChI is InChI=1S/C16H24N2O3/c1-21-15-5-2-14(3-6-15)4-7-16(20)18-10-8-17(9-11-18)12-13-19/h2-3,5-6,19H,4,7-13H2,1H3. The monoisotopic (exact) mass is 292 g/mol. The zero-order chi connectivity index (χ0) is 15.1. The number of amides is 1. The molecule has 1 aromatic carbocycles. The molecule has 0 radical (unpaired) electrons. The number of aliphatic hydroxyl groups is 1. The van der Waals surface area contributed by atoms with E-state index in [1.54, 1.807) is 7.11 Å². The number of piperazine rings is 1. The normalized spacial score (nSPS) is 16.0. The third kappa shape index (κ3) is 4.72. The van der Waals surface area contributed by atoms with Gasteiger partial charge >= 0.3 is 0 Å². The number of rotatable bonds is 6. The van der Waals surface area contributed by atoms with E-state index in [2.05, 4.69) is 4.90 Å². The van der Waals surface area contributed by atoms with Crippen molar-refractivity contribution >= 4 is 5.91 Å². The van der Waals surface area contributed by atoms with Crippen molar-refractivity contribution < 1.29 is 14.6 Å². The molecular formula is C16H24N2O3. The van der Waals surface area contributed by atoms with E-state index in [-0.39, 0.29) is 12.5 Å². The number of carbonyl (C=O) groups excluding carboxylic acids is 1. The fourth-order valence-electron chi connectivity index (χ4n) is 2.56. The average molecular weight is 292 g/mol. The van der Waals surface area contributed by atoms with Gasteiger partial charge in [-0.15, -0.1) is 0 Å². The van der Waals surface area contributed by atoms with Crippen molar-refractivity contribution in [1.29, 1.82) is 0 Å². The Balaban J connectivity index is 1.74. The number of carbonyl (C=O) groups is 1. The average Bonchev–Trinajstić information content (AvgIpc) is 2.54. The second-order valence-corrected chi connectivity index (χ2v) is 5.29. The highest BCUT2D eigenvalue weighted by Gasteiger charge is 2.20. The molecule has 0 unspecified atom stereocenters. The van der Waals surface area contributed by atoms with E-state index < -0.39 is 0 Å². The van der Waals surface area contributed by atoms with E-state index in [0.717, 1.165) is 43.9 Å². The number of methoxy groups -OCH3 is 1. The molecule has 1 aromatic rings. The highest BCUT2D eigenvalue weighted by atomic mass is 16.5. The lowest BCUT2D eigenvalue weighted by Gasteiger charge is -2.34. The van der Waals surface area contributed by atoms with Crippen LogP contribution in [-0.2, 0) is 11.2 Å². The lowest BCUT2D eigenvalue weighted by Crippen LogP contribution is -2.49. The summed E-state index contributed by atoms with van der Waals surface area (Å²) < 4.78 is 5.12. The minimum absolute atomic E-state index is 0.186. The number of β-amino-alcohol motifs (C(OH)–C–C–N with tert-alkyl or cyclic N) is 1. The van der Waals surface area contributed by atoms with Crippen molar-refractivity contribution in [3.63, 3.8) is 0 Å². The van der Waals surface area contributed by atoms with Crippen LogP contribution in [0.5, 0.6) is 5.75 Å². The van der Waals surface area contributed by atoms with Crippen molar-refractivity contribution in [1.82, 2.24) is 9.80 Å². The molecule has 0 saturated carbocycles. The molecule has 1 aliphatic heterocycles. The van der Waals surface area contributed by atoms with Crippen molar-refractivity contribution in [2.75, 3.05) is 46.4 Å². The summed E-state index contributed by atoms with van der Waals surface area (Å²) in [5, 5.41) is 8.91. The molecule has 1 aliphatic rings.